The number of nitrogens with zero attached hydrogens (tertiary/aromatic N) is 1. The van der Waals surface area contributed by atoms with E-state index in [0.717, 1.165) is 0 Å². The second kappa shape index (κ2) is 5.85. The fraction of sp³-hybridized carbons (Fsp3) is 0.778. The Labute approximate surface area is 102 Å². The number of rotatable bonds is 3. The van der Waals surface area contributed by atoms with E-state index in [0.29, 0.717) is 11.5 Å². The van der Waals surface area contributed by atoms with Crippen LogP contribution in [0, 0.1) is 10.1 Å². The Bertz CT molecular complexity index is 309. The smallest absolute Gasteiger partial charge is 0.303 e. The monoisotopic (exact) mass is 263 g/mol. The predicted octanol–water partition coefficient (Wildman–Crippen LogP) is 0.242. The molecule has 1 fully saturated rings. The maximum Gasteiger partial charge on any atom is 0.303 e. The first-order valence-electron chi connectivity index (χ1n) is 4.97. The Hall–Kier alpha value is -1.31. The third kappa shape index (κ3) is 3.88. The predicted molar refractivity (Wildman–Crippen MR) is 59.2 cm³/mol. The normalized spacial score (nSPS) is 28.2. The second-order valence-electron chi connectivity index (χ2n) is 3.61. The van der Waals surface area contributed by atoms with Gasteiger partial charge in [0.15, 0.2) is 12.2 Å². The number of nitro groups is 1. The van der Waals surface area contributed by atoms with Gasteiger partial charge in [0, 0.05) is 30.3 Å². The van der Waals surface area contributed by atoms with Crippen LogP contribution in [-0.2, 0) is 19.1 Å². The molecular weight excluding hydrogens is 250 g/mol. The van der Waals surface area contributed by atoms with Crippen molar-refractivity contribution in [2.75, 3.05) is 11.5 Å². The van der Waals surface area contributed by atoms with Crippen LogP contribution in [0.2, 0.25) is 0 Å². The van der Waals surface area contributed by atoms with Crippen molar-refractivity contribution in [1.29, 1.82) is 0 Å². The zero-order valence-corrected chi connectivity index (χ0v) is 10.3. The lowest BCUT2D eigenvalue weighted by Crippen LogP contribution is -2.52. The van der Waals surface area contributed by atoms with Crippen molar-refractivity contribution in [1.82, 2.24) is 0 Å². The van der Waals surface area contributed by atoms with E-state index in [2.05, 4.69) is 0 Å². The summed E-state index contributed by atoms with van der Waals surface area (Å²) in [6.07, 6.45) is -1.71. The van der Waals surface area contributed by atoms with Gasteiger partial charge in [-0.2, -0.15) is 11.8 Å². The summed E-state index contributed by atoms with van der Waals surface area (Å²) in [6, 6.07) is -1.19. The molecule has 1 heterocycles. The van der Waals surface area contributed by atoms with Crippen molar-refractivity contribution in [3.63, 3.8) is 0 Å². The van der Waals surface area contributed by atoms with E-state index in [1.807, 2.05) is 0 Å². The fourth-order valence-electron chi connectivity index (χ4n) is 1.64. The number of hydrogen-bond acceptors (Lipinski definition) is 7. The fourth-order valence-corrected chi connectivity index (χ4v) is 2.77. The Morgan fingerprint density at radius 2 is 1.59 bits per heavy atom. The molecule has 0 aromatic heterocycles. The molecule has 96 valence electrons. The van der Waals surface area contributed by atoms with Gasteiger partial charge in [-0.15, -0.1) is 0 Å². The molecule has 0 N–H and O–H groups in total. The van der Waals surface area contributed by atoms with E-state index in [1.165, 1.54) is 25.6 Å². The van der Waals surface area contributed by atoms with Crippen LogP contribution in [0.5, 0.6) is 0 Å². The first-order valence-corrected chi connectivity index (χ1v) is 6.13. The average molecular weight is 263 g/mol. The summed E-state index contributed by atoms with van der Waals surface area (Å²) in [6.45, 7) is 2.38. The van der Waals surface area contributed by atoms with E-state index in [1.54, 1.807) is 0 Å². The van der Waals surface area contributed by atoms with Crippen molar-refractivity contribution in [3.8, 4) is 0 Å². The third-order valence-corrected chi connectivity index (χ3v) is 3.33. The Kier molecular flexibility index (Phi) is 4.73. The SMILES string of the molecule is CC(=O)O[C@H]1CSC[C@@H](OC(C)=O)C1[N+](=O)[O-]. The maximum absolute atomic E-state index is 11.0. The molecule has 1 unspecified atom stereocenters. The summed E-state index contributed by atoms with van der Waals surface area (Å²) < 4.78 is 9.77. The molecule has 1 aliphatic heterocycles. The van der Waals surface area contributed by atoms with Crippen LogP contribution in [0.1, 0.15) is 13.8 Å². The number of carbonyl (C=O) groups excluding carboxylic acids is 2. The molecule has 17 heavy (non-hydrogen) atoms. The van der Waals surface area contributed by atoms with Crippen molar-refractivity contribution < 1.29 is 24.0 Å². The van der Waals surface area contributed by atoms with E-state index in [9.17, 15) is 19.7 Å². The molecule has 1 aliphatic rings. The third-order valence-electron chi connectivity index (χ3n) is 2.20. The Morgan fingerprint density at radius 1 is 1.18 bits per heavy atom. The van der Waals surface area contributed by atoms with E-state index >= 15 is 0 Å². The van der Waals surface area contributed by atoms with E-state index < -0.39 is 35.1 Å². The van der Waals surface area contributed by atoms with Crippen molar-refractivity contribution >= 4 is 23.7 Å². The van der Waals surface area contributed by atoms with Crippen LogP contribution in [0.3, 0.4) is 0 Å². The van der Waals surface area contributed by atoms with E-state index in [4.69, 9.17) is 9.47 Å². The van der Waals surface area contributed by atoms with Gasteiger partial charge >= 0.3 is 11.9 Å². The standard InChI is InChI=1S/C9H13NO6S/c1-5(11)15-7-3-17-4-8(16-6(2)12)9(7)10(13)14/h7-9H,3-4H2,1-2H3/t7-,8+,9?. The average Bonchev–Trinajstić information content (AvgIpc) is 2.14. The second-order valence-corrected chi connectivity index (χ2v) is 4.68. The zero-order valence-electron chi connectivity index (χ0n) is 9.45. The molecule has 0 aliphatic carbocycles. The molecule has 0 amide bonds. The van der Waals surface area contributed by atoms with Gasteiger partial charge in [0.05, 0.1) is 0 Å². The van der Waals surface area contributed by atoms with Crippen LogP contribution in [0.15, 0.2) is 0 Å². The molecule has 0 bridgehead atoms. The number of carbonyl (C=O) groups is 2. The topological polar surface area (TPSA) is 95.7 Å². The van der Waals surface area contributed by atoms with Gasteiger partial charge in [0.2, 0.25) is 0 Å². The highest BCUT2D eigenvalue weighted by Crippen LogP contribution is 2.25. The summed E-state index contributed by atoms with van der Waals surface area (Å²) in [5, 5.41) is 11.0. The Balaban J connectivity index is 2.79. The van der Waals surface area contributed by atoms with Crippen LogP contribution in [-0.4, -0.2) is 46.6 Å². The summed E-state index contributed by atoms with van der Waals surface area (Å²) in [5.74, 6) is -0.483. The van der Waals surface area contributed by atoms with Crippen molar-refractivity contribution in [2.45, 2.75) is 32.1 Å². The quantitative estimate of drug-likeness (QED) is 0.409. The summed E-state index contributed by atoms with van der Waals surface area (Å²) in [5.41, 5.74) is 0. The van der Waals surface area contributed by atoms with E-state index in [-0.39, 0.29) is 0 Å². The highest BCUT2D eigenvalue weighted by molar-refractivity contribution is 7.99. The Morgan fingerprint density at radius 3 is 1.88 bits per heavy atom. The molecule has 0 spiro atoms. The highest BCUT2D eigenvalue weighted by atomic mass is 32.2. The van der Waals surface area contributed by atoms with Gasteiger partial charge in [-0.1, -0.05) is 0 Å². The lowest BCUT2D eigenvalue weighted by molar-refractivity contribution is -0.543. The molecule has 0 aromatic rings. The van der Waals surface area contributed by atoms with Crippen molar-refractivity contribution in [3.05, 3.63) is 10.1 Å². The highest BCUT2D eigenvalue weighted by Gasteiger charge is 2.46. The molecule has 1 saturated heterocycles. The lowest BCUT2D eigenvalue weighted by atomic mass is 10.1. The molecule has 7 nitrogen and oxygen atoms in total. The minimum absolute atomic E-state index is 0.336. The van der Waals surface area contributed by atoms with Gasteiger partial charge in [0.1, 0.15) is 0 Å². The summed E-state index contributed by atoms with van der Waals surface area (Å²) in [7, 11) is 0. The van der Waals surface area contributed by atoms with Crippen molar-refractivity contribution in [2.24, 2.45) is 0 Å². The first kappa shape index (κ1) is 13.8. The van der Waals surface area contributed by atoms with Gasteiger partial charge < -0.3 is 9.47 Å². The van der Waals surface area contributed by atoms with Crippen LogP contribution in [0.25, 0.3) is 0 Å². The summed E-state index contributed by atoms with van der Waals surface area (Å²) in [4.78, 5) is 32.1. The summed E-state index contributed by atoms with van der Waals surface area (Å²) >= 11 is 1.36. The lowest BCUT2D eigenvalue weighted by Gasteiger charge is -2.30. The first-order chi connectivity index (χ1) is 7.91. The van der Waals surface area contributed by atoms with Gasteiger partial charge in [-0.05, 0) is 0 Å². The largest absolute Gasteiger partial charge is 0.454 e. The maximum atomic E-state index is 11.0. The van der Waals surface area contributed by atoms with Gasteiger partial charge in [0.25, 0.3) is 6.04 Å². The number of esters is 2. The van der Waals surface area contributed by atoms with Gasteiger partial charge in [-0.3, -0.25) is 19.7 Å². The zero-order chi connectivity index (χ0) is 13.0. The molecule has 0 radical (unpaired) electrons. The molecule has 8 heteroatoms. The molecule has 0 saturated carbocycles. The minimum atomic E-state index is -1.19. The molecule has 3 atom stereocenters. The van der Waals surface area contributed by atoms with Gasteiger partial charge in [-0.25, -0.2) is 0 Å². The number of thioether (sulfide) groups is 1. The van der Waals surface area contributed by atoms with Crippen LogP contribution < -0.4 is 0 Å². The molecular formula is C9H13NO6S. The number of ether oxygens (including phenoxy) is 2. The number of hydrogen-bond donors (Lipinski definition) is 0. The minimum Gasteiger partial charge on any atom is -0.454 e. The molecule has 0 aromatic carbocycles. The molecule has 1 rings (SSSR count). The van der Waals surface area contributed by atoms with Crippen LogP contribution >= 0.6 is 11.8 Å². The van der Waals surface area contributed by atoms with Crippen LogP contribution in [0.4, 0.5) is 0 Å².